The number of rotatable bonds is 7. The number of phenolic OH excluding ortho intramolecular Hbond substituents is 1. The third kappa shape index (κ3) is 4.34. The number of aryl methyl sites for hydroxylation is 1. The van der Waals surface area contributed by atoms with Crippen LogP contribution in [0.3, 0.4) is 0 Å². The Morgan fingerprint density at radius 3 is 2.66 bits per heavy atom. The number of carbonyl (C=O) groups excluding carboxylic acids is 2. The van der Waals surface area contributed by atoms with Crippen LogP contribution in [-0.4, -0.2) is 74.4 Å². The van der Waals surface area contributed by atoms with Crippen molar-refractivity contribution in [1.82, 2.24) is 15.2 Å². The van der Waals surface area contributed by atoms with Gasteiger partial charge >= 0.3 is 5.97 Å². The topological polar surface area (TPSA) is 162 Å². The Morgan fingerprint density at radius 1 is 1.34 bits per heavy atom. The lowest BCUT2D eigenvalue weighted by Gasteiger charge is -2.22. The Kier molecular flexibility index (Phi) is 6.33. The molecular weight excluding hydrogens is 444 g/mol. The lowest BCUT2D eigenvalue weighted by atomic mass is 10.0. The van der Waals surface area contributed by atoms with E-state index in [1.165, 1.54) is 19.9 Å². The highest BCUT2D eigenvalue weighted by molar-refractivity contribution is 6.31. The number of aliphatic imine (C=N–C) groups is 1. The van der Waals surface area contributed by atoms with E-state index < -0.39 is 42.0 Å². The molecule has 11 nitrogen and oxygen atoms in total. The summed E-state index contributed by atoms with van der Waals surface area (Å²) in [4.78, 5) is 40.3. The number of halogens is 1. The minimum Gasteiger partial charge on any atom is -0.507 e. The second-order valence-corrected chi connectivity index (χ2v) is 8.17. The van der Waals surface area contributed by atoms with E-state index >= 15 is 0 Å². The first-order valence-corrected chi connectivity index (χ1v) is 10.00. The quantitative estimate of drug-likeness (QED) is 0.387. The average Bonchev–Trinajstić information content (AvgIpc) is 3.27. The Hall–Kier alpha value is -3.31. The van der Waals surface area contributed by atoms with Crippen LogP contribution < -0.4 is 10.6 Å². The Labute approximate surface area is 187 Å². The van der Waals surface area contributed by atoms with E-state index in [4.69, 9.17) is 26.6 Å². The molecule has 2 heterocycles. The molecular formula is C20H23ClN4O7. The molecule has 0 saturated heterocycles. The number of ether oxygens (including phenoxy) is 1. The van der Waals surface area contributed by atoms with Crippen LogP contribution in [0.25, 0.3) is 10.9 Å². The standard InChI is InChI=1S/C20H23ClN4O7/c1-9(16(28)23-12(7-26)18(29)30)22-19(31)20(2)8-32-17(24-20)11-6-25(3)13-4-10(21)5-14(27)15(11)13/h4-6,9,12,26-27H,7-8H2,1-3H3,(H,22,31)(H,23,28)(H,29,30)/t9-,12+,20+/m1/s1. The highest BCUT2D eigenvalue weighted by atomic mass is 35.5. The van der Waals surface area contributed by atoms with Crippen molar-refractivity contribution in [2.24, 2.45) is 12.0 Å². The molecule has 1 aromatic heterocycles. The zero-order valence-electron chi connectivity index (χ0n) is 17.5. The summed E-state index contributed by atoms with van der Waals surface area (Å²) >= 11 is 6.02. The molecule has 0 saturated carbocycles. The molecule has 5 N–H and O–H groups in total. The van der Waals surface area contributed by atoms with Crippen molar-refractivity contribution in [1.29, 1.82) is 0 Å². The van der Waals surface area contributed by atoms with E-state index in [2.05, 4.69) is 15.6 Å². The Bertz CT molecular complexity index is 1130. The number of hydrogen-bond donors (Lipinski definition) is 5. The van der Waals surface area contributed by atoms with Gasteiger partial charge in [-0.25, -0.2) is 9.79 Å². The number of hydrogen-bond acceptors (Lipinski definition) is 7. The minimum atomic E-state index is -1.48. The Balaban J connectivity index is 1.80. The van der Waals surface area contributed by atoms with Crippen LogP contribution in [-0.2, 0) is 26.2 Å². The van der Waals surface area contributed by atoms with Crippen molar-refractivity contribution >= 4 is 46.2 Å². The third-order valence-electron chi connectivity index (χ3n) is 5.13. The van der Waals surface area contributed by atoms with Crippen molar-refractivity contribution in [3.8, 4) is 5.75 Å². The summed E-state index contributed by atoms with van der Waals surface area (Å²) in [5.74, 6) is -2.70. The number of aliphatic hydroxyl groups is 1. The summed E-state index contributed by atoms with van der Waals surface area (Å²) in [6.45, 7) is 2.00. The Morgan fingerprint density at radius 2 is 2.03 bits per heavy atom. The fraction of sp³-hybridized carbons (Fsp3) is 0.400. The van der Waals surface area contributed by atoms with Gasteiger partial charge in [-0.3, -0.25) is 9.59 Å². The molecule has 0 radical (unpaired) electrons. The summed E-state index contributed by atoms with van der Waals surface area (Å²) in [5, 5.41) is 33.8. The molecule has 0 fully saturated rings. The number of benzene rings is 1. The highest BCUT2D eigenvalue weighted by Gasteiger charge is 2.41. The van der Waals surface area contributed by atoms with Gasteiger partial charge in [0.15, 0.2) is 5.54 Å². The van der Waals surface area contributed by atoms with E-state index in [-0.39, 0.29) is 18.3 Å². The second kappa shape index (κ2) is 8.67. The number of phenols is 1. The van der Waals surface area contributed by atoms with Gasteiger partial charge in [-0.1, -0.05) is 11.6 Å². The van der Waals surface area contributed by atoms with Gasteiger partial charge in [0.05, 0.1) is 23.1 Å². The number of amides is 2. The van der Waals surface area contributed by atoms with Crippen molar-refractivity contribution in [3.05, 3.63) is 28.9 Å². The minimum absolute atomic E-state index is 0.0605. The van der Waals surface area contributed by atoms with Gasteiger partial charge < -0.3 is 35.3 Å². The van der Waals surface area contributed by atoms with Crippen LogP contribution in [0.15, 0.2) is 23.3 Å². The van der Waals surface area contributed by atoms with Gasteiger partial charge in [0.1, 0.15) is 24.4 Å². The zero-order valence-corrected chi connectivity index (χ0v) is 18.3. The van der Waals surface area contributed by atoms with Gasteiger partial charge in [-0.05, 0) is 26.0 Å². The van der Waals surface area contributed by atoms with Gasteiger partial charge in [-0.15, -0.1) is 0 Å². The lowest BCUT2D eigenvalue weighted by molar-refractivity contribution is -0.143. The molecule has 12 heteroatoms. The predicted octanol–water partition coefficient (Wildman–Crippen LogP) is 0.139. The SMILES string of the molecule is C[C@@H](NC(=O)[C@]1(C)COC(c2cn(C)c3cc(Cl)cc(O)c23)=N1)C(=O)N[C@@H](CO)C(=O)O. The van der Waals surface area contributed by atoms with Gasteiger partial charge in [-0.2, -0.15) is 0 Å². The first-order valence-electron chi connectivity index (χ1n) is 9.62. The molecule has 0 spiro atoms. The maximum atomic E-state index is 12.8. The summed E-state index contributed by atoms with van der Waals surface area (Å²) in [5.41, 5.74) is -0.236. The van der Waals surface area contributed by atoms with Crippen LogP contribution in [0.1, 0.15) is 19.4 Å². The second-order valence-electron chi connectivity index (χ2n) is 7.73. The first kappa shape index (κ1) is 23.4. The average molecular weight is 467 g/mol. The van der Waals surface area contributed by atoms with Crippen molar-refractivity contribution in [3.63, 3.8) is 0 Å². The summed E-state index contributed by atoms with van der Waals surface area (Å²) in [7, 11) is 1.76. The van der Waals surface area contributed by atoms with Gasteiger partial charge in [0, 0.05) is 18.3 Å². The van der Waals surface area contributed by atoms with E-state index in [9.17, 15) is 19.5 Å². The number of fused-ring (bicyclic) bond motifs is 1. The highest BCUT2D eigenvalue weighted by Crippen LogP contribution is 2.35. The fourth-order valence-corrected chi connectivity index (χ4v) is 3.48. The van der Waals surface area contributed by atoms with E-state index in [1.807, 2.05) is 0 Å². The van der Waals surface area contributed by atoms with Gasteiger partial charge in [0.2, 0.25) is 11.8 Å². The van der Waals surface area contributed by atoms with Crippen LogP contribution in [0, 0.1) is 0 Å². The number of aliphatic hydroxyl groups excluding tert-OH is 1. The van der Waals surface area contributed by atoms with E-state index in [0.717, 1.165) is 0 Å². The van der Waals surface area contributed by atoms with Crippen molar-refractivity contribution < 1.29 is 34.4 Å². The summed E-state index contributed by atoms with van der Waals surface area (Å²) in [6, 6.07) is 0.505. The molecule has 1 aromatic carbocycles. The normalized spacial score (nSPS) is 19.7. The smallest absolute Gasteiger partial charge is 0.328 e. The molecule has 0 unspecified atom stereocenters. The molecule has 1 aliphatic heterocycles. The fourth-order valence-electron chi connectivity index (χ4n) is 3.27. The molecule has 2 amide bonds. The maximum absolute atomic E-state index is 12.8. The van der Waals surface area contributed by atoms with Crippen LogP contribution in [0.4, 0.5) is 0 Å². The monoisotopic (exact) mass is 466 g/mol. The number of carbonyl (C=O) groups is 3. The summed E-state index contributed by atoms with van der Waals surface area (Å²) in [6.07, 6.45) is 1.69. The molecule has 0 aliphatic carbocycles. The molecule has 3 rings (SSSR count). The number of nitrogens with one attached hydrogen (secondary N) is 2. The largest absolute Gasteiger partial charge is 0.507 e. The number of nitrogens with zero attached hydrogens (tertiary/aromatic N) is 2. The molecule has 2 aromatic rings. The van der Waals surface area contributed by atoms with Crippen molar-refractivity contribution in [2.45, 2.75) is 31.5 Å². The third-order valence-corrected chi connectivity index (χ3v) is 5.35. The van der Waals surface area contributed by atoms with Crippen LogP contribution >= 0.6 is 11.6 Å². The van der Waals surface area contributed by atoms with Crippen LogP contribution in [0.2, 0.25) is 5.02 Å². The van der Waals surface area contributed by atoms with E-state index in [0.29, 0.717) is 21.5 Å². The first-order chi connectivity index (χ1) is 15.0. The van der Waals surface area contributed by atoms with Crippen molar-refractivity contribution in [2.75, 3.05) is 13.2 Å². The van der Waals surface area contributed by atoms with Gasteiger partial charge in [0.25, 0.3) is 5.91 Å². The maximum Gasteiger partial charge on any atom is 0.328 e. The molecule has 172 valence electrons. The molecule has 32 heavy (non-hydrogen) atoms. The van der Waals surface area contributed by atoms with E-state index in [1.54, 1.807) is 23.9 Å². The van der Waals surface area contributed by atoms with Crippen LogP contribution in [0.5, 0.6) is 5.75 Å². The molecule has 0 bridgehead atoms. The zero-order chi connectivity index (χ0) is 23.8. The number of carboxylic acid groups (broad SMARTS) is 1. The lowest BCUT2D eigenvalue weighted by Crippen LogP contribution is -2.55. The predicted molar refractivity (Wildman–Crippen MR) is 115 cm³/mol. The molecule has 3 atom stereocenters. The number of aromatic hydroxyl groups is 1. The number of aliphatic carboxylic acids is 1. The number of carboxylic acids is 1. The number of aromatic nitrogens is 1. The molecule has 1 aliphatic rings. The summed E-state index contributed by atoms with van der Waals surface area (Å²) < 4.78 is 7.40.